The van der Waals surface area contributed by atoms with E-state index >= 15 is 0 Å². The Kier molecular flexibility index (Phi) is 4.70. The first-order valence-corrected chi connectivity index (χ1v) is 7.04. The van der Waals surface area contributed by atoms with E-state index in [1.54, 1.807) is 6.92 Å². The van der Waals surface area contributed by atoms with Crippen molar-refractivity contribution in [2.45, 2.75) is 58.0 Å². The zero-order chi connectivity index (χ0) is 14.5. The highest BCUT2D eigenvalue weighted by molar-refractivity contribution is 5.76. The van der Waals surface area contributed by atoms with Crippen molar-refractivity contribution in [1.29, 1.82) is 0 Å². The molecule has 0 unspecified atom stereocenters. The van der Waals surface area contributed by atoms with E-state index in [1.807, 2.05) is 0 Å². The second-order valence-corrected chi connectivity index (χ2v) is 5.28. The fraction of sp³-hybridized carbons (Fsp3) is 0.692. The van der Waals surface area contributed by atoms with Gasteiger partial charge in [-0.2, -0.15) is 4.68 Å². The monoisotopic (exact) mass is 280 g/mol. The summed E-state index contributed by atoms with van der Waals surface area (Å²) in [6.45, 7) is 2.12. The number of nitro groups is 1. The third-order valence-electron chi connectivity index (χ3n) is 3.68. The molecule has 0 bridgehead atoms. The second-order valence-electron chi connectivity index (χ2n) is 5.28. The van der Waals surface area contributed by atoms with Crippen LogP contribution in [0.3, 0.4) is 0 Å². The van der Waals surface area contributed by atoms with Crippen LogP contribution in [0.15, 0.2) is 6.07 Å². The highest BCUT2D eigenvalue weighted by Gasteiger charge is 2.18. The van der Waals surface area contributed by atoms with Crippen molar-refractivity contribution in [3.63, 3.8) is 0 Å². The lowest BCUT2D eigenvalue weighted by atomic mass is 9.95. The maximum absolute atomic E-state index is 11.9. The summed E-state index contributed by atoms with van der Waals surface area (Å²) < 4.78 is 1.51. The molecule has 1 aliphatic rings. The normalized spacial score (nSPS) is 16.1. The van der Waals surface area contributed by atoms with Crippen LogP contribution in [0.1, 0.15) is 44.2 Å². The maximum atomic E-state index is 11.9. The highest BCUT2D eigenvalue weighted by atomic mass is 16.6. The van der Waals surface area contributed by atoms with Gasteiger partial charge in [0.2, 0.25) is 5.91 Å². The van der Waals surface area contributed by atoms with Crippen LogP contribution in [0.25, 0.3) is 0 Å². The Morgan fingerprint density at radius 2 is 2.20 bits per heavy atom. The van der Waals surface area contributed by atoms with Gasteiger partial charge in [-0.3, -0.25) is 4.79 Å². The zero-order valence-electron chi connectivity index (χ0n) is 11.7. The van der Waals surface area contributed by atoms with E-state index in [9.17, 15) is 14.9 Å². The number of aromatic nitrogens is 2. The Bertz CT molecular complexity index is 492. The van der Waals surface area contributed by atoms with Gasteiger partial charge in [-0.25, -0.2) is 0 Å². The summed E-state index contributed by atoms with van der Waals surface area (Å²) in [7, 11) is 0. The Labute approximate surface area is 117 Å². The van der Waals surface area contributed by atoms with E-state index in [4.69, 9.17) is 0 Å². The van der Waals surface area contributed by atoms with Gasteiger partial charge in [0.25, 0.3) is 0 Å². The molecule has 110 valence electrons. The van der Waals surface area contributed by atoms with E-state index in [0.717, 1.165) is 12.8 Å². The summed E-state index contributed by atoms with van der Waals surface area (Å²) in [5, 5.41) is 17.5. The Morgan fingerprint density at radius 3 is 2.80 bits per heavy atom. The van der Waals surface area contributed by atoms with E-state index < -0.39 is 4.92 Å². The molecule has 1 aromatic rings. The summed E-state index contributed by atoms with van der Waals surface area (Å²) >= 11 is 0. The first kappa shape index (κ1) is 14.5. The van der Waals surface area contributed by atoms with Crippen molar-refractivity contribution in [2.24, 2.45) is 0 Å². The Balaban J connectivity index is 1.82. The smallest absolute Gasteiger partial charge is 0.358 e. The second kappa shape index (κ2) is 6.49. The predicted octanol–water partition coefficient (Wildman–Crippen LogP) is 1.94. The fourth-order valence-electron chi connectivity index (χ4n) is 2.56. The van der Waals surface area contributed by atoms with Gasteiger partial charge in [-0.05, 0) is 24.7 Å². The summed E-state index contributed by atoms with van der Waals surface area (Å²) in [5.74, 6) is -0.176. The molecule has 1 fully saturated rings. The number of hydrogen-bond donors (Lipinski definition) is 1. The van der Waals surface area contributed by atoms with E-state index in [-0.39, 0.29) is 11.7 Å². The first-order chi connectivity index (χ1) is 9.56. The van der Waals surface area contributed by atoms with Gasteiger partial charge in [-0.15, -0.1) is 0 Å². The largest absolute Gasteiger partial charge is 0.390 e. The number of carbonyl (C=O) groups excluding carboxylic acids is 1. The van der Waals surface area contributed by atoms with Crippen LogP contribution >= 0.6 is 0 Å². The van der Waals surface area contributed by atoms with Crippen LogP contribution in [0, 0.1) is 17.0 Å². The molecule has 0 aromatic carbocycles. The minimum Gasteiger partial charge on any atom is -0.358 e. The van der Waals surface area contributed by atoms with Crippen molar-refractivity contribution in [3.05, 3.63) is 21.9 Å². The minimum atomic E-state index is -0.522. The fourth-order valence-corrected chi connectivity index (χ4v) is 2.56. The van der Waals surface area contributed by atoms with Crippen LogP contribution in [0.2, 0.25) is 0 Å². The topological polar surface area (TPSA) is 90.1 Å². The molecule has 7 nitrogen and oxygen atoms in total. The standard InChI is InChI=1S/C13H20N4O3/c1-10-9-12(17(19)20)15-16(10)8-7-13(18)14-11-5-3-2-4-6-11/h9,11H,2-8H2,1H3,(H,14,18). The maximum Gasteiger partial charge on any atom is 0.390 e. The molecule has 0 atom stereocenters. The van der Waals surface area contributed by atoms with Gasteiger partial charge in [-0.1, -0.05) is 19.3 Å². The molecule has 2 rings (SSSR count). The third-order valence-corrected chi connectivity index (χ3v) is 3.68. The number of carbonyl (C=O) groups is 1. The van der Waals surface area contributed by atoms with Crippen LogP contribution in [0.5, 0.6) is 0 Å². The lowest BCUT2D eigenvalue weighted by Gasteiger charge is -2.22. The Morgan fingerprint density at radius 1 is 1.50 bits per heavy atom. The van der Waals surface area contributed by atoms with Gasteiger partial charge >= 0.3 is 5.82 Å². The first-order valence-electron chi connectivity index (χ1n) is 7.04. The summed E-state index contributed by atoms with van der Waals surface area (Å²) in [6, 6.07) is 1.71. The molecule has 7 heteroatoms. The van der Waals surface area contributed by atoms with Crippen molar-refractivity contribution in [1.82, 2.24) is 15.1 Å². The average molecular weight is 280 g/mol. The van der Waals surface area contributed by atoms with Gasteiger partial charge in [0.15, 0.2) is 0 Å². The molecule has 1 saturated carbocycles. The molecule has 20 heavy (non-hydrogen) atoms. The number of rotatable bonds is 5. The van der Waals surface area contributed by atoms with Crippen molar-refractivity contribution >= 4 is 11.7 Å². The van der Waals surface area contributed by atoms with E-state index in [2.05, 4.69) is 10.4 Å². The third kappa shape index (κ3) is 3.79. The number of aryl methyl sites for hydroxylation is 2. The van der Waals surface area contributed by atoms with E-state index in [1.165, 1.54) is 30.0 Å². The molecule has 0 radical (unpaired) electrons. The summed E-state index contributed by atoms with van der Waals surface area (Å²) in [5.41, 5.74) is 0.696. The molecule has 0 spiro atoms. The average Bonchev–Trinajstić information content (AvgIpc) is 2.79. The molecule has 1 N–H and O–H groups in total. The summed E-state index contributed by atoms with van der Waals surface area (Å²) in [4.78, 5) is 21.9. The minimum absolute atomic E-state index is 0.00514. The van der Waals surface area contributed by atoms with Crippen molar-refractivity contribution in [2.75, 3.05) is 0 Å². The molecule has 1 aliphatic carbocycles. The lowest BCUT2D eigenvalue weighted by molar-refractivity contribution is -0.389. The van der Waals surface area contributed by atoms with Crippen LogP contribution in [-0.4, -0.2) is 26.7 Å². The zero-order valence-corrected chi connectivity index (χ0v) is 11.7. The van der Waals surface area contributed by atoms with Gasteiger partial charge in [0.1, 0.15) is 0 Å². The molecule has 1 aromatic heterocycles. The predicted molar refractivity (Wildman–Crippen MR) is 73.3 cm³/mol. The number of hydrogen-bond acceptors (Lipinski definition) is 4. The lowest BCUT2D eigenvalue weighted by Crippen LogP contribution is -2.36. The van der Waals surface area contributed by atoms with Crippen molar-refractivity contribution in [3.8, 4) is 0 Å². The molecule has 1 heterocycles. The SMILES string of the molecule is Cc1cc([N+](=O)[O-])nn1CCC(=O)NC1CCCCC1. The summed E-state index contributed by atoms with van der Waals surface area (Å²) in [6.07, 6.45) is 6.01. The molecular formula is C13H20N4O3. The quantitative estimate of drug-likeness (QED) is 0.659. The molecule has 0 aliphatic heterocycles. The van der Waals surface area contributed by atoms with Crippen LogP contribution in [-0.2, 0) is 11.3 Å². The van der Waals surface area contributed by atoms with Gasteiger partial charge in [0, 0.05) is 12.5 Å². The number of nitrogens with one attached hydrogen (secondary N) is 1. The number of amides is 1. The molecule has 1 amide bonds. The van der Waals surface area contributed by atoms with Gasteiger partial charge < -0.3 is 15.4 Å². The Hall–Kier alpha value is -1.92. The van der Waals surface area contributed by atoms with E-state index in [0.29, 0.717) is 24.7 Å². The van der Waals surface area contributed by atoms with Crippen LogP contribution < -0.4 is 5.32 Å². The van der Waals surface area contributed by atoms with Gasteiger partial charge in [0.05, 0.1) is 23.4 Å². The van der Waals surface area contributed by atoms with Crippen molar-refractivity contribution < 1.29 is 9.72 Å². The molecule has 0 saturated heterocycles. The van der Waals surface area contributed by atoms with Crippen LogP contribution in [0.4, 0.5) is 5.82 Å². The molecular weight excluding hydrogens is 260 g/mol. The highest BCUT2D eigenvalue weighted by Crippen LogP contribution is 2.17. The number of nitrogens with zero attached hydrogens (tertiary/aromatic N) is 3.